The number of rotatable bonds is 3. The van der Waals surface area contributed by atoms with Crippen LogP contribution >= 0.6 is 0 Å². The molecule has 0 bridgehead atoms. The molecule has 1 saturated heterocycles. The highest BCUT2D eigenvalue weighted by atomic mass is 19.1. The summed E-state index contributed by atoms with van der Waals surface area (Å²) in [5.41, 5.74) is 4.56. The Morgan fingerprint density at radius 2 is 1.64 bits per heavy atom. The van der Waals surface area contributed by atoms with Gasteiger partial charge in [-0.15, -0.1) is 0 Å². The zero-order chi connectivity index (χ0) is 22.5. The molecule has 0 amide bonds. The number of aromatic amines is 1. The Hall–Kier alpha value is -3.84. The van der Waals surface area contributed by atoms with Gasteiger partial charge in [0, 0.05) is 29.9 Å². The van der Waals surface area contributed by atoms with Crippen LogP contribution in [0, 0.1) is 5.82 Å². The van der Waals surface area contributed by atoms with Gasteiger partial charge in [-0.1, -0.05) is 30.3 Å². The Labute approximate surface area is 190 Å². The van der Waals surface area contributed by atoms with Crippen LogP contribution in [0.3, 0.4) is 0 Å². The molecule has 0 saturated carbocycles. The molecule has 33 heavy (non-hydrogen) atoms. The summed E-state index contributed by atoms with van der Waals surface area (Å²) < 4.78 is 24.3. The van der Waals surface area contributed by atoms with Crippen molar-refractivity contribution >= 4 is 11.1 Å². The maximum Gasteiger partial charge on any atom is 0.230 e. The van der Waals surface area contributed by atoms with Gasteiger partial charge in [0.25, 0.3) is 0 Å². The van der Waals surface area contributed by atoms with E-state index in [0.29, 0.717) is 11.4 Å². The average Bonchev–Trinajstić information content (AvgIpc) is 3.54. The largest absolute Gasteiger partial charge is 0.438 e. The van der Waals surface area contributed by atoms with Crippen LogP contribution in [0.15, 0.2) is 77.6 Å². The second kappa shape index (κ2) is 9.75. The van der Waals surface area contributed by atoms with E-state index in [9.17, 15) is 4.39 Å². The standard InChI is InChI=1S/C21H13FN4O.C5H10O/c22-15-8-6-14(7-9-15)19-17(11-25-26-19)20-16-10-18(13-4-2-1-3-5-13)27-21(16)24-12-23-20;1-2-4-6-5-3-1/h1-12H,(H,25,26);1-5H2. The molecule has 4 heterocycles. The lowest BCUT2D eigenvalue weighted by Crippen LogP contribution is -2.03. The molecule has 0 aliphatic carbocycles. The molecule has 1 N–H and O–H groups in total. The van der Waals surface area contributed by atoms with Crippen molar-refractivity contribution in [2.45, 2.75) is 19.3 Å². The van der Waals surface area contributed by atoms with Crippen molar-refractivity contribution in [3.63, 3.8) is 0 Å². The Kier molecular flexibility index (Phi) is 6.21. The van der Waals surface area contributed by atoms with E-state index in [1.165, 1.54) is 37.7 Å². The summed E-state index contributed by atoms with van der Waals surface area (Å²) in [6.07, 6.45) is 7.10. The predicted molar refractivity (Wildman–Crippen MR) is 125 cm³/mol. The van der Waals surface area contributed by atoms with Gasteiger partial charge in [0.15, 0.2) is 0 Å². The molecule has 166 valence electrons. The number of benzene rings is 2. The Bertz CT molecular complexity index is 1310. The van der Waals surface area contributed by atoms with Gasteiger partial charge < -0.3 is 9.15 Å². The predicted octanol–water partition coefficient (Wildman–Crippen LogP) is 6.27. The lowest BCUT2D eigenvalue weighted by Gasteiger charge is -2.08. The third-order valence-corrected chi connectivity index (χ3v) is 5.49. The Morgan fingerprint density at radius 1 is 0.848 bits per heavy atom. The highest BCUT2D eigenvalue weighted by Crippen LogP contribution is 2.35. The topological polar surface area (TPSA) is 76.8 Å². The third kappa shape index (κ3) is 4.68. The number of hydrogen-bond donors (Lipinski definition) is 1. The van der Waals surface area contributed by atoms with E-state index in [0.717, 1.165) is 46.7 Å². The number of fused-ring (bicyclic) bond motifs is 1. The van der Waals surface area contributed by atoms with Gasteiger partial charge in [-0.3, -0.25) is 5.10 Å². The van der Waals surface area contributed by atoms with Gasteiger partial charge in [0.1, 0.15) is 17.9 Å². The van der Waals surface area contributed by atoms with Crippen molar-refractivity contribution in [1.82, 2.24) is 20.2 Å². The van der Waals surface area contributed by atoms with Gasteiger partial charge in [0.2, 0.25) is 5.71 Å². The van der Waals surface area contributed by atoms with Crippen LogP contribution in [0.1, 0.15) is 19.3 Å². The molecule has 1 fully saturated rings. The smallest absolute Gasteiger partial charge is 0.230 e. The number of H-pyrrole nitrogens is 1. The van der Waals surface area contributed by atoms with Gasteiger partial charge in [0.05, 0.1) is 23.0 Å². The fourth-order valence-corrected chi connectivity index (χ4v) is 3.80. The van der Waals surface area contributed by atoms with Crippen molar-refractivity contribution in [2.24, 2.45) is 0 Å². The van der Waals surface area contributed by atoms with E-state index >= 15 is 0 Å². The van der Waals surface area contributed by atoms with Crippen LogP contribution in [-0.4, -0.2) is 33.4 Å². The number of hydrogen-bond acceptors (Lipinski definition) is 5. The van der Waals surface area contributed by atoms with Gasteiger partial charge in [-0.25, -0.2) is 14.4 Å². The number of aromatic nitrogens is 4. The van der Waals surface area contributed by atoms with E-state index in [1.54, 1.807) is 18.3 Å². The molecule has 1 aliphatic heterocycles. The second-order valence-electron chi connectivity index (χ2n) is 7.76. The zero-order valence-electron chi connectivity index (χ0n) is 18.0. The highest BCUT2D eigenvalue weighted by Gasteiger charge is 2.17. The average molecular weight is 442 g/mol. The lowest BCUT2D eigenvalue weighted by molar-refractivity contribution is 0.0968. The van der Waals surface area contributed by atoms with Crippen LogP contribution in [-0.2, 0) is 4.74 Å². The fraction of sp³-hybridized carbons (Fsp3) is 0.192. The summed E-state index contributed by atoms with van der Waals surface area (Å²) >= 11 is 0. The van der Waals surface area contributed by atoms with Crippen molar-refractivity contribution in [2.75, 3.05) is 13.2 Å². The number of halogens is 1. The molecule has 1 aliphatic rings. The minimum absolute atomic E-state index is 0.286. The first kappa shape index (κ1) is 21.0. The molecule has 0 spiro atoms. The zero-order valence-corrected chi connectivity index (χ0v) is 18.0. The van der Waals surface area contributed by atoms with Crippen molar-refractivity contribution in [3.8, 4) is 33.8 Å². The van der Waals surface area contributed by atoms with E-state index < -0.39 is 0 Å². The molecular weight excluding hydrogens is 419 g/mol. The quantitative estimate of drug-likeness (QED) is 0.356. The third-order valence-electron chi connectivity index (χ3n) is 5.49. The van der Waals surface area contributed by atoms with E-state index in [1.807, 2.05) is 36.4 Å². The molecular formula is C26H23FN4O2. The maximum atomic E-state index is 13.3. The Balaban J connectivity index is 0.000000332. The van der Waals surface area contributed by atoms with Gasteiger partial charge >= 0.3 is 0 Å². The summed E-state index contributed by atoms with van der Waals surface area (Å²) in [5.74, 6) is 0.436. The van der Waals surface area contributed by atoms with Crippen LogP contribution in [0.5, 0.6) is 0 Å². The van der Waals surface area contributed by atoms with Crippen LogP contribution < -0.4 is 0 Å². The van der Waals surface area contributed by atoms with Crippen molar-refractivity contribution < 1.29 is 13.5 Å². The van der Waals surface area contributed by atoms with E-state index in [-0.39, 0.29) is 5.82 Å². The minimum Gasteiger partial charge on any atom is -0.438 e. The summed E-state index contributed by atoms with van der Waals surface area (Å²) in [7, 11) is 0. The number of nitrogens with one attached hydrogen (secondary N) is 1. The molecule has 3 aromatic heterocycles. The number of ether oxygens (including phenoxy) is 1. The monoisotopic (exact) mass is 442 g/mol. The molecule has 5 aromatic rings. The molecule has 6 rings (SSSR count). The van der Waals surface area contributed by atoms with Crippen molar-refractivity contribution in [3.05, 3.63) is 79.0 Å². The normalized spacial score (nSPS) is 13.5. The molecule has 2 aromatic carbocycles. The lowest BCUT2D eigenvalue weighted by atomic mass is 10.0. The van der Waals surface area contributed by atoms with Gasteiger partial charge in [-0.05, 0) is 49.6 Å². The minimum atomic E-state index is -0.286. The molecule has 0 radical (unpaired) electrons. The fourth-order valence-electron chi connectivity index (χ4n) is 3.80. The summed E-state index contributed by atoms with van der Waals surface area (Å²) in [4.78, 5) is 8.71. The highest BCUT2D eigenvalue weighted by molar-refractivity contribution is 5.95. The van der Waals surface area contributed by atoms with E-state index in [4.69, 9.17) is 9.15 Å². The summed E-state index contributed by atoms with van der Waals surface area (Å²) in [6, 6.07) is 18.0. The number of nitrogens with zero attached hydrogens (tertiary/aromatic N) is 3. The molecule has 0 atom stereocenters. The molecule has 7 heteroatoms. The summed E-state index contributed by atoms with van der Waals surface area (Å²) in [6.45, 7) is 2.00. The first-order valence-corrected chi connectivity index (χ1v) is 11.0. The van der Waals surface area contributed by atoms with Crippen molar-refractivity contribution in [1.29, 1.82) is 0 Å². The molecule has 6 nitrogen and oxygen atoms in total. The van der Waals surface area contributed by atoms with E-state index in [2.05, 4.69) is 20.2 Å². The first-order valence-electron chi connectivity index (χ1n) is 11.0. The first-order chi connectivity index (χ1) is 16.3. The number of furan rings is 1. The summed E-state index contributed by atoms with van der Waals surface area (Å²) in [5, 5.41) is 7.93. The maximum absolute atomic E-state index is 13.3. The Morgan fingerprint density at radius 3 is 2.33 bits per heavy atom. The second-order valence-corrected chi connectivity index (χ2v) is 7.76. The van der Waals surface area contributed by atoms with Crippen LogP contribution in [0.2, 0.25) is 0 Å². The van der Waals surface area contributed by atoms with Crippen LogP contribution in [0.4, 0.5) is 4.39 Å². The SMILES string of the molecule is C1CCOCC1.Fc1ccc(-c2[nH]ncc2-c2ncnc3oc(-c4ccccc4)cc23)cc1. The van der Waals surface area contributed by atoms with Crippen LogP contribution in [0.25, 0.3) is 44.9 Å². The molecule has 0 unspecified atom stereocenters. The van der Waals surface area contributed by atoms with Gasteiger partial charge in [-0.2, -0.15) is 5.10 Å².